The van der Waals surface area contributed by atoms with E-state index >= 15 is 0 Å². The quantitative estimate of drug-likeness (QED) is 0.250. The van der Waals surface area contributed by atoms with Crippen molar-refractivity contribution in [2.24, 2.45) is 11.8 Å². The van der Waals surface area contributed by atoms with Crippen molar-refractivity contribution in [2.75, 3.05) is 26.8 Å². The first-order valence-electron chi connectivity index (χ1n) is 13.3. The summed E-state index contributed by atoms with van der Waals surface area (Å²) in [6, 6.07) is 26.5. The number of methoxy groups -OCH3 is 1. The number of carbonyl (C=O) groups excluding carboxylic acids is 2. The smallest absolute Gasteiger partial charge is 0.415 e. The molecule has 1 saturated heterocycles. The third-order valence-corrected chi connectivity index (χ3v) is 7.06. The number of carbonyl (C=O) groups is 2. The molecule has 0 aliphatic carbocycles. The van der Waals surface area contributed by atoms with Gasteiger partial charge in [-0.15, -0.1) is 0 Å². The van der Waals surface area contributed by atoms with Gasteiger partial charge in [0.05, 0.1) is 25.3 Å². The summed E-state index contributed by atoms with van der Waals surface area (Å²) in [4.78, 5) is 31.5. The SMILES string of the molecule is COC(=O)[C@H]1CN(C(=O)Oc2ccccc2)C[C@H]1Cc1cccc(OCCc2oc(-c3ccccc3)nc2C)c1. The van der Waals surface area contributed by atoms with Gasteiger partial charge in [-0.25, -0.2) is 9.78 Å². The lowest BCUT2D eigenvalue weighted by atomic mass is 9.89. The van der Waals surface area contributed by atoms with E-state index in [4.69, 9.17) is 18.6 Å². The molecule has 8 heteroatoms. The molecule has 8 nitrogen and oxygen atoms in total. The van der Waals surface area contributed by atoms with Crippen LogP contribution < -0.4 is 9.47 Å². The summed E-state index contributed by atoms with van der Waals surface area (Å²) in [5, 5.41) is 0. The fourth-order valence-corrected chi connectivity index (χ4v) is 4.99. The predicted molar refractivity (Wildman–Crippen MR) is 149 cm³/mol. The van der Waals surface area contributed by atoms with Crippen LogP contribution in [-0.4, -0.2) is 48.8 Å². The molecule has 0 N–H and O–H groups in total. The van der Waals surface area contributed by atoms with Crippen LogP contribution in [0.1, 0.15) is 17.0 Å². The number of likely N-dealkylation sites (tertiary alicyclic amines) is 1. The molecule has 2 atom stereocenters. The van der Waals surface area contributed by atoms with E-state index in [0.29, 0.717) is 37.6 Å². The molecule has 4 aromatic rings. The van der Waals surface area contributed by atoms with Gasteiger partial charge in [-0.2, -0.15) is 0 Å². The monoisotopic (exact) mass is 540 g/mol. The highest BCUT2D eigenvalue weighted by molar-refractivity contribution is 5.77. The molecule has 1 aliphatic rings. The molecular formula is C32H32N2O6. The van der Waals surface area contributed by atoms with Crippen LogP contribution in [0.15, 0.2) is 89.3 Å². The van der Waals surface area contributed by atoms with Crippen LogP contribution in [0.5, 0.6) is 11.5 Å². The summed E-state index contributed by atoms with van der Waals surface area (Å²) in [7, 11) is 1.37. The van der Waals surface area contributed by atoms with Crippen molar-refractivity contribution in [2.45, 2.75) is 19.8 Å². The molecular weight excluding hydrogens is 508 g/mol. The molecule has 5 rings (SSSR count). The van der Waals surface area contributed by atoms with Gasteiger partial charge in [0.15, 0.2) is 0 Å². The van der Waals surface area contributed by atoms with Crippen molar-refractivity contribution in [1.82, 2.24) is 9.88 Å². The van der Waals surface area contributed by atoms with E-state index in [2.05, 4.69) is 4.98 Å². The Morgan fingerprint density at radius 2 is 1.68 bits per heavy atom. The second-order valence-electron chi connectivity index (χ2n) is 9.82. The predicted octanol–water partition coefficient (Wildman–Crippen LogP) is 5.73. The summed E-state index contributed by atoms with van der Waals surface area (Å²) in [5.74, 6) is 1.71. The van der Waals surface area contributed by atoms with Crippen molar-refractivity contribution in [3.8, 4) is 23.0 Å². The van der Waals surface area contributed by atoms with Crippen molar-refractivity contribution >= 4 is 12.1 Å². The van der Waals surface area contributed by atoms with E-state index in [-0.39, 0.29) is 18.4 Å². The molecule has 3 aromatic carbocycles. The maximum atomic E-state index is 12.8. The Kier molecular flexibility index (Phi) is 8.44. The molecule has 206 valence electrons. The van der Waals surface area contributed by atoms with Crippen LogP contribution >= 0.6 is 0 Å². The number of benzene rings is 3. The Labute approximate surface area is 233 Å². The number of oxazole rings is 1. The summed E-state index contributed by atoms with van der Waals surface area (Å²) in [6.07, 6.45) is 0.702. The van der Waals surface area contributed by atoms with Gasteiger partial charge in [0.25, 0.3) is 0 Å². The van der Waals surface area contributed by atoms with Crippen LogP contribution in [-0.2, 0) is 22.4 Å². The highest BCUT2D eigenvalue weighted by Gasteiger charge is 2.41. The average molecular weight is 541 g/mol. The maximum absolute atomic E-state index is 12.8. The standard InChI is InChI=1S/C32H32N2O6/c1-22-29(40-30(33-22)24-11-5-3-6-12-24)16-17-38-27-15-9-10-23(19-27)18-25-20-34(21-28(25)31(35)37-2)32(36)39-26-13-7-4-8-14-26/h3-15,19,25,28H,16-18,20-21H2,1-2H3/t25-,28+/m1/s1. The van der Waals surface area contributed by atoms with E-state index in [0.717, 1.165) is 28.3 Å². The lowest BCUT2D eigenvalue weighted by molar-refractivity contribution is -0.146. The van der Waals surface area contributed by atoms with E-state index in [9.17, 15) is 9.59 Å². The minimum Gasteiger partial charge on any atom is -0.493 e. The minimum atomic E-state index is -0.474. The first-order valence-corrected chi connectivity index (χ1v) is 13.3. The molecule has 0 unspecified atom stereocenters. The van der Waals surface area contributed by atoms with Gasteiger partial charge in [0.1, 0.15) is 17.3 Å². The van der Waals surface area contributed by atoms with Gasteiger partial charge in [0.2, 0.25) is 5.89 Å². The van der Waals surface area contributed by atoms with Crippen LogP contribution in [0.4, 0.5) is 4.79 Å². The Bertz CT molecular complexity index is 1440. The number of nitrogens with zero attached hydrogens (tertiary/aromatic N) is 2. The van der Waals surface area contributed by atoms with E-state index < -0.39 is 12.0 Å². The molecule has 1 aromatic heterocycles. The molecule has 2 heterocycles. The fraction of sp³-hybridized carbons (Fsp3) is 0.281. The second-order valence-corrected chi connectivity index (χ2v) is 9.82. The van der Waals surface area contributed by atoms with Crippen molar-refractivity contribution in [1.29, 1.82) is 0 Å². The minimum absolute atomic E-state index is 0.112. The maximum Gasteiger partial charge on any atom is 0.415 e. The molecule has 1 amide bonds. The van der Waals surface area contributed by atoms with E-state index in [1.807, 2.05) is 67.6 Å². The summed E-state index contributed by atoms with van der Waals surface area (Å²) in [6.45, 7) is 3.01. The first-order chi connectivity index (χ1) is 19.5. The topological polar surface area (TPSA) is 91.1 Å². The third-order valence-electron chi connectivity index (χ3n) is 7.06. The van der Waals surface area contributed by atoms with Crippen molar-refractivity contribution in [3.63, 3.8) is 0 Å². The molecule has 0 spiro atoms. The second kappa shape index (κ2) is 12.5. The molecule has 0 bridgehead atoms. The largest absolute Gasteiger partial charge is 0.493 e. The van der Waals surface area contributed by atoms with Crippen LogP contribution in [0.3, 0.4) is 0 Å². The zero-order chi connectivity index (χ0) is 27.9. The number of ether oxygens (including phenoxy) is 3. The van der Waals surface area contributed by atoms with Gasteiger partial charge >= 0.3 is 12.1 Å². The Hall–Kier alpha value is -4.59. The summed E-state index contributed by atoms with van der Waals surface area (Å²) < 4.78 is 22.6. The summed E-state index contributed by atoms with van der Waals surface area (Å²) >= 11 is 0. The molecule has 1 aliphatic heterocycles. The highest BCUT2D eigenvalue weighted by atomic mass is 16.6. The zero-order valence-electron chi connectivity index (χ0n) is 22.6. The highest BCUT2D eigenvalue weighted by Crippen LogP contribution is 2.30. The van der Waals surface area contributed by atoms with Gasteiger partial charge in [-0.3, -0.25) is 4.79 Å². The number of esters is 1. The summed E-state index contributed by atoms with van der Waals surface area (Å²) in [5.41, 5.74) is 2.80. The Balaban J connectivity index is 1.19. The van der Waals surface area contributed by atoms with E-state index in [1.54, 1.807) is 29.2 Å². The molecule has 0 radical (unpaired) electrons. The molecule has 0 saturated carbocycles. The lowest BCUT2D eigenvalue weighted by Gasteiger charge is -2.17. The normalized spacial score (nSPS) is 16.5. The number of aryl methyl sites for hydroxylation is 1. The van der Waals surface area contributed by atoms with Gasteiger partial charge in [0, 0.05) is 25.1 Å². The van der Waals surface area contributed by atoms with Gasteiger partial charge in [-0.05, 0) is 61.2 Å². The molecule has 40 heavy (non-hydrogen) atoms. The number of hydrogen-bond donors (Lipinski definition) is 0. The third kappa shape index (κ3) is 6.51. The molecule has 1 fully saturated rings. The van der Waals surface area contributed by atoms with Crippen molar-refractivity contribution in [3.05, 3.63) is 102 Å². The first kappa shape index (κ1) is 27.0. The lowest BCUT2D eigenvalue weighted by Crippen LogP contribution is -2.32. The van der Waals surface area contributed by atoms with E-state index in [1.165, 1.54) is 7.11 Å². The Morgan fingerprint density at radius 1 is 0.950 bits per heavy atom. The average Bonchev–Trinajstić information content (AvgIpc) is 3.57. The number of rotatable bonds is 9. The fourth-order valence-electron chi connectivity index (χ4n) is 4.99. The van der Waals surface area contributed by atoms with Crippen LogP contribution in [0, 0.1) is 18.8 Å². The van der Waals surface area contributed by atoms with Crippen LogP contribution in [0.25, 0.3) is 11.5 Å². The number of hydrogen-bond acceptors (Lipinski definition) is 7. The van der Waals surface area contributed by atoms with Gasteiger partial charge < -0.3 is 23.5 Å². The van der Waals surface area contributed by atoms with Crippen molar-refractivity contribution < 1.29 is 28.2 Å². The number of para-hydroxylation sites is 1. The number of aromatic nitrogens is 1. The Morgan fingerprint density at radius 3 is 2.42 bits per heavy atom. The van der Waals surface area contributed by atoms with Crippen LogP contribution in [0.2, 0.25) is 0 Å². The van der Waals surface area contributed by atoms with Gasteiger partial charge in [-0.1, -0.05) is 48.5 Å². The zero-order valence-corrected chi connectivity index (χ0v) is 22.6. The number of amides is 1.